The number of halogens is 1. The van der Waals surface area contributed by atoms with Crippen molar-refractivity contribution in [2.45, 2.75) is 0 Å². The quantitative estimate of drug-likeness (QED) is 0.641. The fourth-order valence-electron chi connectivity index (χ4n) is 2.48. The summed E-state index contributed by atoms with van der Waals surface area (Å²) in [7, 11) is -1.41. The van der Waals surface area contributed by atoms with Crippen LogP contribution in [0.4, 0.5) is 0 Å². The van der Waals surface area contributed by atoms with Gasteiger partial charge in [0.25, 0.3) is 10.2 Å². The summed E-state index contributed by atoms with van der Waals surface area (Å²) in [5.74, 6) is -0.123. The van der Waals surface area contributed by atoms with Gasteiger partial charge in [0.15, 0.2) is 0 Å². The van der Waals surface area contributed by atoms with E-state index < -0.39 is 10.2 Å². The van der Waals surface area contributed by atoms with Gasteiger partial charge in [0.05, 0.1) is 6.54 Å². The second-order valence-electron chi connectivity index (χ2n) is 5.19. The number of amides is 1. The first-order chi connectivity index (χ1) is 9.45. The largest absolute Gasteiger partial charge is 0.339 e. The first-order valence-corrected chi connectivity index (χ1v) is 8.26. The standard InChI is InChI=1S/C11H23N5O3S.ClH/c1-13-2-6-15(7-3-13)20(18,19)16-8-4-14(5-9-16)11(17)10-12;/h2-10,12H2,1H3;1H. The van der Waals surface area contributed by atoms with Crippen molar-refractivity contribution in [3.8, 4) is 0 Å². The molecule has 1 amide bonds. The van der Waals surface area contributed by atoms with E-state index in [1.54, 1.807) is 4.90 Å². The van der Waals surface area contributed by atoms with E-state index in [-0.39, 0.29) is 24.9 Å². The van der Waals surface area contributed by atoms with Gasteiger partial charge < -0.3 is 15.5 Å². The van der Waals surface area contributed by atoms with E-state index in [4.69, 9.17) is 5.73 Å². The second kappa shape index (κ2) is 7.70. The number of hydrogen-bond donors (Lipinski definition) is 1. The van der Waals surface area contributed by atoms with E-state index in [0.29, 0.717) is 39.3 Å². The summed E-state index contributed by atoms with van der Waals surface area (Å²) >= 11 is 0. The number of nitrogens with two attached hydrogens (primary N) is 1. The van der Waals surface area contributed by atoms with Crippen LogP contribution in [0, 0.1) is 0 Å². The predicted octanol–water partition coefficient (Wildman–Crippen LogP) is -2.00. The summed E-state index contributed by atoms with van der Waals surface area (Å²) < 4.78 is 28.0. The minimum absolute atomic E-state index is 0. The van der Waals surface area contributed by atoms with Gasteiger partial charge in [0.1, 0.15) is 0 Å². The van der Waals surface area contributed by atoms with Crippen LogP contribution in [-0.2, 0) is 15.0 Å². The van der Waals surface area contributed by atoms with Crippen LogP contribution in [0.2, 0.25) is 0 Å². The van der Waals surface area contributed by atoms with E-state index in [1.165, 1.54) is 8.61 Å². The molecular formula is C11H24ClN5O3S. The lowest BCUT2D eigenvalue weighted by Crippen LogP contribution is -2.57. The lowest BCUT2D eigenvalue weighted by Gasteiger charge is -2.39. The smallest absolute Gasteiger partial charge is 0.282 e. The number of likely N-dealkylation sites (N-methyl/N-ethyl adjacent to an activating group) is 1. The summed E-state index contributed by atoms with van der Waals surface area (Å²) in [6.07, 6.45) is 0. The van der Waals surface area contributed by atoms with Gasteiger partial charge in [-0.15, -0.1) is 12.4 Å². The van der Waals surface area contributed by atoms with E-state index in [1.807, 2.05) is 7.05 Å². The minimum Gasteiger partial charge on any atom is -0.339 e. The number of rotatable bonds is 3. The van der Waals surface area contributed by atoms with Gasteiger partial charge in [0.2, 0.25) is 5.91 Å². The molecule has 2 aliphatic rings. The third-order valence-electron chi connectivity index (χ3n) is 3.88. The molecule has 0 saturated carbocycles. The van der Waals surface area contributed by atoms with Crippen molar-refractivity contribution in [3.05, 3.63) is 0 Å². The monoisotopic (exact) mass is 341 g/mol. The molecule has 0 aromatic carbocycles. The van der Waals surface area contributed by atoms with E-state index in [2.05, 4.69) is 4.90 Å². The minimum atomic E-state index is -3.39. The van der Waals surface area contributed by atoms with Crippen molar-refractivity contribution in [3.63, 3.8) is 0 Å². The van der Waals surface area contributed by atoms with Crippen molar-refractivity contribution in [2.75, 3.05) is 66.0 Å². The topological polar surface area (TPSA) is 90.2 Å². The molecule has 2 rings (SSSR count). The number of hydrogen-bond acceptors (Lipinski definition) is 5. The first-order valence-electron chi connectivity index (χ1n) is 6.87. The van der Waals surface area contributed by atoms with Gasteiger partial charge in [-0.25, -0.2) is 0 Å². The summed E-state index contributed by atoms with van der Waals surface area (Å²) in [6, 6.07) is 0. The molecule has 0 spiro atoms. The Labute approximate surface area is 132 Å². The highest BCUT2D eigenvalue weighted by Crippen LogP contribution is 2.14. The number of piperazine rings is 2. The average molecular weight is 342 g/mol. The Balaban J connectivity index is 0.00000220. The molecule has 0 aromatic rings. The highest BCUT2D eigenvalue weighted by molar-refractivity contribution is 7.86. The Morgan fingerprint density at radius 1 is 0.952 bits per heavy atom. The molecule has 0 bridgehead atoms. The number of carbonyl (C=O) groups excluding carboxylic acids is 1. The second-order valence-corrected chi connectivity index (χ2v) is 7.12. The van der Waals surface area contributed by atoms with Crippen molar-refractivity contribution in [2.24, 2.45) is 5.73 Å². The molecule has 0 atom stereocenters. The van der Waals surface area contributed by atoms with Crippen LogP contribution in [0.3, 0.4) is 0 Å². The van der Waals surface area contributed by atoms with Gasteiger partial charge in [-0.05, 0) is 7.05 Å². The molecule has 2 N–H and O–H groups in total. The highest BCUT2D eigenvalue weighted by atomic mass is 35.5. The lowest BCUT2D eigenvalue weighted by atomic mass is 10.3. The molecule has 2 heterocycles. The fourth-order valence-corrected chi connectivity index (χ4v) is 4.06. The zero-order valence-electron chi connectivity index (χ0n) is 12.3. The maximum atomic E-state index is 12.5. The Bertz CT molecular complexity index is 445. The number of nitrogens with zero attached hydrogens (tertiary/aromatic N) is 4. The summed E-state index contributed by atoms with van der Waals surface area (Å²) in [4.78, 5) is 15.2. The van der Waals surface area contributed by atoms with Crippen molar-refractivity contribution < 1.29 is 13.2 Å². The summed E-state index contributed by atoms with van der Waals surface area (Å²) in [5.41, 5.74) is 5.32. The molecule has 0 aliphatic carbocycles. The van der Waals surface area contributed by atoms with Crippen molar-refractivity contribution in [1.29, 1.82) is 0 Å². The van der Waals surface area contributed by atoms with Gasteiger partial charge >= 0.3 is 0 Å². The molecule has 2 saturated heterocycles. The van der Waals surface area contributed by atoms with Gasteiger partial charge in [-0.1, -0.05) is 0 Å². The van der Waals surface area contributed by atoms with Crippen molar-refractivity contribution >= 4 is 28.5 Å². The van der Waals surface area contributed by atoms with Crippen LogP contribution in [0.15, 0.2) is 0 Å². The van der Waals surface area contributed by atoms with Crippen molar-refractivity contribution in [1.82, 2.24) is 18.4 Å². The Kier molecular flexibility index (Phi) is 6.82. The first kappa shape index (κ1) is 18.6. The van der Waals surface area contributed by atoms with E-state index >= 15 is 0 Å². The van der Waals surface area contributed by atoms with Gasteiger partial charge in [-0.2, -0.15) is 17.0 Å². The molecule has 124 valence electrons. The maximum absolute atomic E-state index is 12.5. The zero-order chi connectivity index (χ0) is 14.8. The molecule has 2 aliphatic heterocycles. The highest BCUT2D eigenvalue weighted by Gasteiger charge is 2.34. The van der Waals surface area contributed by atoms with Gasteiger partial charge in [0, 0.05) is 52.4 Å². The molecule has 0 aromatic heterocycles. The van der Waals surface area contributed by atoms with Crippen LogP contribution in [0.1, 0.15) is 0 Å². The number of carbonyl (C=O) groups is 1. The predicted molar refractivity (Wildman–Crippen MR) is 82.4 cm³/mol. The Hall–Kier alpha value is -0.450. The van der Waals surface area contributed by atoms with Crippen LogP contribution >= 0.6 is 12.4 Å². The average Bonchev–Trinajstić information content (AvgIpc) is 2.47. The van der Waals surface area contributed by atoms with Crippen LogP contribution in [-0.4, -0.2) is 98.7 Å². The maximum Gasteiger partial charge on any atom is 0.282 e. The molecule has 0 unspecified atom stereocenters. The van der Waals surface area contributed by atoms with E-state index in [0.717, 1.165) is 13.1 Å². The third kappa shape index (κ3) is 4.27. The third-order valence-corrected chi connectivity index (χ3v) is 5.92. The fraction of sp³-hybridized carbons (Fsp3) is 0.909. The molecule has 2 fully saturated rings. The normalized spacial score (nSPS) is 22.9. The molecule has 0 radical (unpaired) electrons. The van der Waals surface area contributed by atoms with Crippen LogP contribution in [0.25, 0.3) is 0 Å². The zero-order valence-corrected chi connectivity index (χ0v) is 13.9. The lowest BCUT2D eigenvalue weighted by molar-refractivity contribution is -0.130. The SMILES string of the molecule is CN1CCN(S(=O)(=O)N2CCN(C(=O)CN)CC2)CC1.Cl. The Morgan fingerprint density at radius 3 is 1.81 bits per heavy atom. The molecule has 10 heteroatoms. The van der Waals surface area contributed by atoms with E-state index in [9.17, 15) is 13.2 Å². The summed E-state index contributed by atoms with van der Waals surface area (Å²) in [6.45, 7) is 4.08. The molecular weight excluding hydrogens is 318 g/mol. The Morgan fingerprint density at radius 2 is 1.38 bits per heavy atom. The summed E-state index contributed by atoms with van der Waals surface area (Å²) in [5, 5.41) is 0. The van der Waals surface area contributed by atoms with Gasteiger partial charge in [-0.3, -0.25) is 4.79 Å². The molecule has 8 nitrogen and oxygen atoms in total. The van der Waals surface area contributed by atoms with Crippen LogP contribution < -0.4 is 5.73 Å². The molecule has 21 heavy (non-hydrogen) atoms. The van der Waals surface area contributed by atoms with Crippen LogP contribution in [0.5, 0.6) is 0 Å².